The number of rotatable bonds is 11. The standard InChI is InChI=1S/C16H31N5O.HI/c1-4-6-7-8-9-10-11-12-18-16(17-5-2)19-13-15-20-14(3)21-22-15;/h4-13H2,1-3H3,(H2,17,18,19);1H. The third-order valence-corrected chi connectivity index (χ3v) is 3.36. The zero-order valence-electron chi connectivity index (χ0n) is 14.7. The summed E-state index contributed by atoms with van der Waals surface area (Å²) in [6, 6.07) is 0. The molecule has 0 saturated heterocycles. The lowest BCUT2D eigenvalue weighted by Crippen LogP contribution is -2.37. The molecule has 0 atom stereocenters. The van der Waals surface area contributed by atoms with Gasteiger partial charge in [0, 0.05) is 13.1 Å². The number of guanidine groups is 1. The molecule has 0 aromatic carbocycles. The second kappa shape index (κ2) is 14.7. The predicted molar refractivity (Wildman–Crippen MR) is 105 cm³/mol. The number of hydrogen-bond acceptors (Lipinski definition) is 4. The smallest absolute Gasteiger partial charge is 0.248 e. The van der Waals surface area contributed by atoms with Crippen molar-refractivity contribution < 1.29 is 4.52 Å². The van der Waals surface area contributed by atoms with Crippen molar-refractivity contribution in [1.82, 2.24) is 20.8 Å². The summed E-state index contributed by atoms with van der Waals surface area (Å²) in [5.74, 6) is 2.00. The van der Waals surface area contributed by atoms with Gasteiger partial charge in [-0.2, -0.15) is 4.98 Å². The van der Waals surface area contributed by atoms with Crippen molar-refractivity contribution in [2.24, 2.45) is 4.99 Å². The molecule has 7 heteroatoms. The van der Waals surface area contributed by atoms with Crippen molar-refractivity contribution in [3.05, 3.63) is 11.7 Å². The van der Waals surface area contributed by atoms with Crippen LogP contribution in [0.3, 0.4) is 0 Å². The highest BCUT2D eigenvalue weighted by Gasteiger charge is 2.02. The summed E-state index contributed by atoms with van der Waals surface area (Å²) in [6.07, 6.45) is 9.19. The van der Waals surface area contributed by atoms with Gasteiger partial charge < -0.3 is 15.2 Å². The average molecular weight is 437 g/mol. The molecule has 0 aliphatic carbocycles. The van der Waals surface area contributed by atoms with Crippen molar-refractivity contribution in [2.75, 3.05) is 13.1 Å². The summed E-state index contributed by atoms with van der Waals surface area (Å²) in [6.45, 7) is 8.31. The highest BCUT2D eigenvalue weighted by molar-refractivity contribution is 14.0. The summed E-state index contributed by atoms with van der Waals surface area (Å²) in [5.41, 5.74) is 0. The molecule has 0 bridgehead atoms. The summed E-state index contributed by atoms with van der Waals surface area (Å²) in [4.78, 5) is 8.60. The Morgan fingerprint density at radius 1 is 1.04 bits per heavy atom. The number of aromatic nitrogens is 2. The van der Waals surface area contributed by atoms with Gasteiger partial charge in [-0.05, 0) is 20.3 Å². The number of aliphatic imine (C=N–C) groups is 1. The Morgan fingerprint density at radius 3 is 2.35 bits per heavy atom. The van der Waals surface area contributed by atoms with E-state index in [2.05, 4.69) is 39.6 Å². The van der Waals surface area contributed by atoms with Crippen LogP contribution >= 0.6 is 24.0 Å². The number of unbranched alkanes of at least 4 members (excludes halogenated alkanes) is 6. The van der Waals surface area contributed by atoms with Crippen LogP contribution in [0.1, 0.15) is 70.5 Å². The van der Waals surface area contributed by atoms with Crippen molar-refractivity contribution in [3.63, 3.8) is 0 Å². The van der Waals surface area contributed by atoms with Gasteiger partial charge in [0.05, 0.1) is 0 Å². The van der Waals surface area contributed by atoms with E-state index in [-0.39, 0.29) is 24.0 Å². The molecule has 0 aliphatic heterocycles. The molecule has 1 rings (SSSR count). The molecular formula is C16H32IN5O. The second-order valence-corrected chi connectivity index (χ2v) is 5.48. The molecule has 1 heterocycles. The van der Waals surface area contributed by atoms with Crippen LogP contribution in [0.25, 0.3) is 0 Å². The molecule has 2 N–H and O–H groups in total. The lowest BCUT2D eigenvalue weighted by molar-refractivity contribution is 0.376. The van der Waals surface area contributed by atoms with Crippen LogP contribution in [-0.4, -0.2) is 29.2 Å². The van der Waals surface area contributed by atoms with Crippen molar-refractivity contribution >= 4 is 29.9 Å². The van der Waals surface area contributed by atoms with Crippen molar-refractivity contribution in [1.29, 1.82) is 0 Å². The van der Waals surface area contributed by atoms with Crippen molar-refractivity contribution in [3.8, 4) is 0 Å². The molecular weight excluding hydrogens is 405 g/mol. The summed E-state index contributed by atoms with van der Waals surface area (Å²) < 4.78 is 5.06. The monoisotopic (exact) mass is 437 g/mol. The molecule has 0 aliphatic rings. The number of aryl methyl sites for hydroxylation is 1. The maximum absolute atomic E-state index is 5.06. The first-order valence-electron chi connectivity index (χ1n) is 8.57. The van der Waals surface area contributed by atoms with Gasteiger partial charge in [-0.1, -0.05) is 50.6 Å². The fourth-order valence-electron chi connectivity index (χ4n) is 2.18. The predicted octanol–water partition coefficient (Wildman–Crippen LogP) is 3.80. The zero-order chi connectivity index (χ0) is 16.0. The normalized spacial score (nSPS) is 11.2. The van der Waals surface area contributed by atoms with Gasteiger partial charge in [0.1, 0.15) is 6.54 Å². The maximum Gasteiger partial charge on any atom is 0.248 e. The molecule has 0 radical (unpaired) electrons. The molecule has 0 unspecified atom stereocenters. The minimum Gasteiger partial charge on any atom is -0.357 e. The second-order valence-electron chi connectivity index (χ2n) is 5.48. The summed E-state index contributed by atoms with van der Waals surface area (Å²) in [7, 11) is 0. The Balaban J connectivity index is 0.00000484. The maximum atomic E-state index is 5.06. The van der Waals surface area contributed by atoms with Crippen molar-refractivity contribution in [2.45, 2.75) is 72.3 Å². The quantitative estimate of drug-likeness (QED) is 0.238. The Kier molecular flexibility index (Phi) is 14.2. The molecule has 0 fully saturated rings. The minimum atomic E-state index is 0. The van der Waals surface area contributed by atoms with E-state index in [1.54, 1.807) is 6.92 Å². The molecule has 1 aromatic rings. The first kappa shape index (κ1) is 22.1. The van der Waals surface area contributed by atoms with Crippen LogP contribution in [0.4, 0.5) is 0 Å². The molecule has 0 saturated carbocycles. The molecule has 6 nitrogen and oxygen atoms in total. The fraction of sp³-hybridized carbons (Fsp3) is 0.812. The van der Waals surface area contributed by atoms with E-state index in [4.69, 9.17) is 4.52 Å². The lowest BCUT2D eigenvalue weighted by Gasteiger charge is -2.10. The van der Waals surface area contributed by atoms with Crippen LogP contribution in [-0.2, 0) is 6.54 Å². The van der Waals surface area contributed by atoms with E-state index < -0.39 is 0 Å². The van der Waals surface area contributed by atoms with Crippen LogP contribution in [0.5, 0.6) is 0 Å². The molecule has 134 valence electrons. The highest BCUT2D eigenvalue weighted by Crippen LogP contribution is 2.06. The van der Waals surface area contributed by atoms with E-state index in [9.17, 15) is 0 Å². The summed E-state index contributed by atoms with van der Waals surface area (Å²) in [5, 5.41) is 10.3. The highest BCUT2D eigenvalue weighted by atomic mass is 127. The number of hydrogen-bond donors (Lipinski definition) is 2. The average Bonchev–Trinajstić information content (AvgIpc) is 2.93. The van der Waals surface area contributed by atoms with Gasteiger partial charge in [0.15, 0.2) is 11.8 Å². The third kappa shape index (κ3) is 11.3. The van der Waals surface area contributed by atoms with Crippen LogP contribution < -0.4 is 10.6 Å². The van der Waals surface area contributed by atoms with E-state index in [1.165, 1.54) is 44.9 Å². The van der Waals surface area contributed by atoms with E-state index in [0.717, 1.165) is 19.0 Å². The van der Waals surface area contributed by atoms with Gasteiger partial charge in [-0.25, -0.2) is 4.99 Å². The molecule has 1 aromatic heterocycles. The Hall–Kier alpha value is -0.860. The molecule has 0 amide bonds. The SMILES string of the molecule is CCCCCCCCCNC(=NCc1nc(C)no1)NCC.I. The van der Waals surface area contributed by atoms with Gasteiger partial charge in [-0.3, -0.25) is 0 Å². The van der Waals surface area contributed by atoms with E-state index in [0.29, 0.717) is 18.3 Å². The largest absolute Gasteiger partial charge is 0.357 e. The lowest BCUT2D eigenvalue weighted by atomic mass is 10.1. The number of nitrogens with one attached hydrogen (secondary N) is 2. The number of nitrogens with zero attached hydrogens (tertiary/aromatic N) is 3. The van der Waals surface area contributed by atoms with E-state index in [1.807, 2.05) is 0 Å². The van der Waals surface area contributed by atoms with Gasteiger partial charge in [0.25, 0.3) is 0 Å². The Labute approximate surface area is 157 Å². The fourth-order valence-corrected chi connectivity index (χ4v) is 2.18. The first-order valence-corrected chi connectivity index (χ1v) is 8.57. The van der Waals surface area contributed by atoms with Gasteiger partial charge >= 0.3 is 0 Å². The van der Waals surface area contributed by atoms with Crippen LogP contribution in [0, 0.1) is 6.92 Å². The van der Waals surface area contributed by atoms with Gasteiger partial charge in [0.2, 0.25) is 5.89 Å². The molecule has 23 heavy (non-hydrogen) atoms. The zero-order valence-corrected chi connectivity index (χ0v) is 17.1. The third-order valence-electron chi connectivity index (χ3n) is 3.36. The minimum absolute atomic E-state index is 0. The van der Waals surface area contributed by atoms with Gasteiger partial charge in [-0.15, -0.1) is 24.0 Å². The Bertz CT molecular complexity index is 422. The van der Waals surface area contributed by atoms with E-state index >= 15 is 0 Å². The summed E-state index contributed by atoms with van der Waals surface area (Å²) >= 11 is 0. The molecule has 0 spiro atoms. The Morgan fingerprint density at radius 2 is 1.74 bits per heavy atom. The van der Waals surface area contributed by atoms with Crippen LogP contribution in [0.15, 0.2) is 9.52 Å². The topological polar surface area (TPSA) is 75.3 Å². The number of halogens is 1. The van der Waals surface area contributed by atoms with Crippen LogP contribution in [0.2, 0.25) is 0 Å². The first-order chi connectivity index (χ1) is 10.8.